The van der Waals surface area contributed by atoms with Crippen LogP contribution in [0.1, 0.15) is 35.5 Å². The van der Waals surface area contributed by atoms with Gasteiger partial charge in [-0.15, -0.1) is 11.3 Å². The summed E-state index contributed by atoms with van der Waals surface area (Å²) in [4.78, 5) is 33.3. The third-order valence-corrected chi connectivity index (χ3v) is 5.12. The van der Waals surface area contributed by atoms with Crippen LogP contribution in [-0.2, 0) is 28.8 Å². The number of fused-ring (bicyclic) bond motifs is 3. The van der Waals surface area contributed by atoms with E-state index < -0.39 is 0 Å². The molecule has 0 amide bonds. The van der Waals surface area contributed by atoms with Crippen LogP contribution in [0.4, 0.5) is 0 Å². The van der Waals surface area contributed by atoms with E-state index in [4.69, 9.17) is 16.3 Å². The molecule has 1 N–H and O–H groups in total. The largest absolute Gasteiger partial charge is 0.460 e. The van der Waals surface area contributed by atoms with Crippen LogP contribution >= 0.6 is 22.9 Å². The second-order valence-corrected chi connectivity index (χ2v) is 7.20. The van der Waals surface area contributed by atoms with Crippen LogP contribution in [0.2, 0.25) is 0 Å². The van der Waals surface area contributed by atoms with Crippen molar-refractivity contribution in [2.45, 2.75) is 38.5 Å². The number of aryl methyl sites for hydroxylation is 3. The van der Waals surface area contributed by atoms with Crippen molar-refractivity contribution in [3.8, 4) is 0 Å². The molecular formula is C16H17ClN2O3S. The van der Waals surface area contributed by atoms with Crippen molar-refractivity contribution in [2.75, 3.05) is 6.61 Å². The van der Waals surface area contributed by atoms with Crippen LogP contribution in [0.5, 0.6) is 0 Å². The number of hydrogen-bond donors (Lipinski definition) is 1. The number of hydrogen-bond acceptors (Lipinski definition) is 5. The number of aromatic amines is 1. The van der Waals surface area contributed by atoms with Crippen molar-refractivity contribution in [1.29, 1.82) is 0 Å². The van der Waals surface area contributed by atoms with Crippen LogP contribution in [-0.4, -0.2) is 22.5 Å². The van der Waals surface area contributed by atoms with E-state index in [9.17, 15) is 9.59 Å². The number of halogens is 1. The summed E-state index contributed by atoms with van der Waals surface area (Å²) in [6, 6.07) is 0. The normalized spacial score (nSPS) is 13.8. The molecule has 1 aliphatic carbocycles. The minimum atomic E-state index is -0.389. The SMILES string of the molecule is C=C(Cl)COC(=O)CCc1nc2sc3c(c2c(=O)[nH]1)CCCC3. The minimum Gasteiger partial charge on any atom is -0.460 e. The molecule has 122 valence electrons. The van der Waals surface area contributed by atoms with E-state index in [1.165, 1.54) is 11.3 Å². The Morgan fingerprint density at radius 3 is 2.96 bits per heavy atom. The van der Waals surface area contributed by atoms with Gasteiger partial charge in [-0.3, -0.25) is 9.59 Å². The number of ether oxygens (including phenoxy) is 1. The molecule has 0 atom stereocenters. The molecule has 0 saturated heterocycles. The third kappa shape index (κ3) is 3.64. The number of esters is 1. The molecule has 0 radical (unpaired) electrons. The monoisotopic (exact) mass is 352 g/mol. The highest BCUT2D eigenvalue weighted by Gasteiger charge is 2.19. The van der Waals surface area contributed by atoms with E-state index >= 15 is 0 Å². The maximum Gasteiger partial charge on any atom is 0.306 e. The summed E-state index contributed by atoms with van der Waals surface area (Å²) in [5, 5.41) is 1.00. The van der Waals surface area contributed by atoms with Gasteiger partial charge >= 0.3 is 5.97 Å². The van der Waals surface area contributed by atoms with Gasteiger partial charge in [0.2, 0.25) is 0 Å². The maximum absolute atomic E-state index is 12.4. The van der Waals surface area contributed by atoms with Gasteiger partial charge in [0.15, 0.2) is 0 Å². The topological polar surface area (TPSA) is 72.0 Å². The highest BCUT2D eigenvalue weighted by molar-refractivity contribution is 7.18. The molecule has 0 bridgehead atoms. The molecule has 2 heterocycles. The number of H-pyrrole nitrogens is 1. The number of rotatable bonds is 5. The van der Waals surface area contributed by atoms with E-state index in [0.717, 1.165) is 35.0 Å². The van der Waals surface area contributed by atoms with E-state index in [1.54, 1.807) is 11.3 Å². The van der Waals surface area contributed by atoms with Gasteiger partial charge in [0, 0.05) is 16.3 Å². The van der Waals surface area contributed by atoms with E-state index in [0.29, 0.717) is 12.2 Å². The molecule has 0 aromatic carbocycles. The first kappa shape index (κ1) is 16.2. The molecule has 0 fully saturated rings. The smallest absolute Gasteiger partial charge is 0.306 e. The maximum atomic E-state index is 12.4. The van der Waals surface area contributed by atoms with Crippen molar-refractivity contribution in [3.63, 3.8) is 0 Å². The lowest BCUT2D eigenvalue weighted by Crippen LogP contribution is -2.14. The molecule has 0 spiro atoms. The molecule has 0 aliphatic heterocycles. The summed E-state index contributed by atoms with van der Waals surface area (Å²) in [6.07, 6.45) is 4.75. The lowest BCUT2D eigenvalue weighted by molar-refractivity contribution is -0.142. The molecule has 23 heavy (non-hydrogen) atoms. The Kier molecular flexibility index (Phi) is 4.82. The quantitative estimate of drug-likeness (QED) is 0.839. The predicted octanol–water partition coefficient (Wildman–Crippen LogP) is 3.09. The average Bonchev–Trinajstić information content (AvgIpc) is 2.89. The Morgan fingerprint density at radius 2 is 2.17 bits per heavy atom. The fourth-order valence-corrected chi connectivity index (χ4v) is 4.11. The fourth-order valence-electron chi connectivity index (χ4n) is 2.78. The molecule has 3 rings (SSSR count). The summed E-state index contributed by atoms with van der Waals surface area (Å²) in [6.45, 7) is 3.45. The molecule has 2 aromatic rings. The van der Waals surface area contributed by atoms with Gasteiger partial charge in [-0.2, -0.15) is 0 Å². The Labute approximate surface area is 142 Å². The van der Waals surface area contributed by atoms with Gasteiger partial charge < -0.3 is 9.72 Å². The average molecular weight is 353 g/mol. The van der Waals surface area contributed by atoms with E-state index in [-0.39, 0.29) is 29.6 Å². The van der Waals surface area contributed by atoms with Crippen molar-refractivity contribution >= 4 is 39.1 Å². The highest BCUT2D eigenvalue weighted by Crippen LogP contribution is 2.33. The summed E-state index contributed by atoms with van der Waals surface area (Å²) in [5.41, 5.74) is 1.06. The second kappa shape index (κ2) is 6.84. The molecule has 5 nitrogen and oxygen atoms in total. The first-order valence-electron chi connectivity index (χ1n) is 7.57. The lowest BCUT2D eigenvalue weighted by Gasteiger charge is -2.09. The van der Waals surface area contributed by atoms with Gasteiger partial charge in [0.1, 0.15) is 17.3 Å². The highest BCUT2D eigenvalue weighted by atomic mass is 35.5. The fraction of sp³-hybridized carbons (Fsp3) is 0.438. The van der Waals surface area contributed by atoms with Gasteiger partial charge in [-0.1, -0.05) is 18.2 Å². The second-order valence-electron chi connectivity index (χ2n) is 5.58. The number of thiophene rings is 1. The summed E-state index contributed by atoms with van der Waals surface area (Å²) in [7, 11) is 0. The number of nitrogens with zero attached hydrogens (tertiary/aromatic N) is 1. The Balaban J connectivity index is 1.76. The Bertz CT molecular complexity index is 825. The first-order valence-corrected chi connectivity index (χ1v) is 8.76. The van der Waals surface area contributed by atoms with Gasteiger partial charge in [-0.25, -0.2) is 4.98 Å². The van der Waals surface area contributed by atoms with Crippen molar-refractivity contribution in [3.05, 3.63) is 38.2 Å². The number of nitrogens with one attached hydrogen (secondary N) is 1. The zero-order chi connectivity index (χ0) is 16.4. The van der Waals surface area contributed by atoms with Crippen LogP contribution in [0.15, 0.2) is 16.4 Å². The zero-order valence-electron chi connectivity index (χ0n) is 12.6. The summed E-state index contributed by atoms with van der Waals surface area (Å²) >= 11 is 7.14. The predicted molar refractivity (Wildman–Crippen MR) is 91.2 cm³/mol. The summed E-state index contributed by atoms with van der Waals surface area (Å²) in [5.74, 6) is 0.128. The Hall–Kier alpha value is -1.66. The third-order valence-electron chi connectivity index (χ3n) is 3.83. The van der Waals surface area contributed by atoms with Crippen LogP contribution in [0.25, 0.3) is 10.2 Å². The van der Waals surface area contributed by atoms with Gasteiger partial charge in [-0.05, 0) is 31.2 Å². The van der Waals surface area contributed by atoms with Crippen molar-refractivity contribution in [1.82, 2.24) is 9.97 Å². The van der Waals surface area contributed by atoms with Crippen LogP contribution in [0, 0.1) is 0 Å². The number of aromatic nitrogens is 2. The number of carbonyl (C=O) groups excluding carboxylic acids is 1. The summed E-state index contributed by atoms with van der Waals surface area (Å²) < 4.78 is 4.92. The van der Waals surface area contributed by atoms with Crippen molar-refractivity contribution in [2.24, 2.45) is 0 Å². The molecule has 1 aliphatic rings. The Morgan fingerprint density at radius 1 is 1.39 bits per heavy atom. The van der Waals surface area contributed by atoms with Gasteiger partial charge in [0.05, 0.1) is 11.8 Å². The van der Waals surface area contributed by atoms with E-state index in [1.807, 2.05) is 0 Å². The minimum absolute atomic E-state index is 0.00101. The van der Waals surface area contributed by atoms with Crippen molar-refractivity contribution < 1.29 is 9.53 Å². The zero-order valence-corrected chi connectivity index (χ0v) is 14.2. The molecule has 2 aromatic heterocycles. The van der Waals surface area contributed by atoms with Crippen LogP contribution < -0.4 is 5.56 Å². The molecular weight excluding hydrogens is 336 g/mol. The number of carbonyl (C=O) groups is 1. The standard InChI is InChI=1S/C16H17ClN2O3S/c1-9(17)8-22-13(20)7-6-12-18-15(21)14-10-4-2-3-5-11(10)23-16(14)19-12/h1-8H2,(H,18,19,21). The van der Waals surface area contributed by atoms with E-state index in [2.05, 4.69) is 16.5 Å². The molecule has 7 heteroatoms. The van der Waals surface area contributed by atoms with Gasteiger partial charge in [0.25, 0.3) is 5.56 Å². The molecule has 0 unspecified atom stereocenters. The molecule has 0 saturated carbocycles. The lowest BCUT2D eigenvalue weighted by atomic mass is 9.97. The first-order chi connectivity index (χ1) is 11.0. The van der Waals surface area contributed by atoms with Crippen LogP contribution in [0.3, 0.4) is 0 Å².